The Hall–Kier alpha value is -2.57. The normalized spacial score (nSPS) is 10.1. The fourth-order valence-corrected chi connectivity index (χ4v) is 1.27. The van der Waals surface area contributed by atoms with Gasteiger partial charge in [-0.05, 0) is 12.1 Å². The Balaban J connectivity index is 2.24. The quantitative estimate of drug-likeness (QED) is 0.848. The lowest BCUT2D eigenvalue weighted by Crippen LogP contribution is -2.15. The second-order valence-corrected chi connectivity index (χ2v) is 3.41. The second-order valence-electron chi connectivity index (χ2n) is 3.41. The second kappa shape index (κ2) is 4.74. The third-order valence-electron chi connectivity index (χ3n) is 2.06. The Morgan fingerprint density at radius 1 is 1.28 bits per heavy atom. The van der Waals surface area contributed by atoms with Gasteiger partial charge in [-0.1, -0.05) is 0 Å². The van der Waals surface area contributed by atoms with Crippen LogP contribution in [0.1, 0.15) is 10.5 Å². The Bertz CT molecular complexity index is 603. The molecule has 0 fully saturated rings. The maximum atomic E-state index is 13.3. The van der Waals surface area contributed by atoms with Crippen molar-refractivity contribution in [3.63, 3.8) is 0 Å². The van der Waals surface area contributed by atoms with E-state index in [0.717, 1.165) is 18.2 Å². The molecule has 0 spiro atoms. The van der Waals surface area contributed by atoms with Crippen molar-refractivity contribution >= 4 is 17.4 Å². The molecule has 1 amide bonds. The van der Waals surface area contributed by atoms with E-state index in [-0.39, 0.29) is 17.2 Å². The van der Waals surface area contributed by atoms with Gasteiger partial charge >= 0.3 is 0 Å². The summed E-state index contributed by atoms with van der Waals surface area (Å²) >= 11 is 0. The number of rotatable bonds is 2. The Kier molecular flexibility index (Phi) is 3.13. The van der Waals surface area contributed by atoms with E-state index >= 15 is 0 Å². The molecule has 0 aliphatic rings. The first-order chi connectivity index (χ1) is 8.56. The van der Waals surface area contributed by atoms with Crippen molar-refractivity contribution < 1.29 is 13.6 Å². The van der Waals surface area contributed by atoms with Gasteiger partial charge in [-0.25, -0.2) is 13.8 Å². The molecule has 5 nitrogen and oxygen atoms in total. The smallest absolute Gasteiger partial charge is 0.276 e. The summed E-state index contributed by atoms with van der Waals surface area (Å²) in [5, 5.41) is 2.18. The Morgan fingerprint density at radius 3 is 2.78 bits per heavy atom. The highest BCUT2D eigenvalue weighted by atomic mass is 19.1. The van der Waals surface area contributed by atoms with Crippen molar-refractivity contribution in [2.24, 2.45) is 0 Å². The fraction of sp³-hybridized carbons (Fsp3) is 0. The summed E-state index contributed by atoms with van der Waals surface area (Å²) < 4.78 is 26.2. The molecule has 0 unspecified atom stereocenters. The summed E-state index contributed by atoms with van der Waals surface area (Å²) in [6.07, 6.45) is 2.43. The number of hydrogen-bond donors (Lipinski definition) is 2. The lowest BCUT2D eigenvalue weighted by Gasteiger charge is -2.05. The van der Waals surface area contributed by atoms with Crippen molar-refractivity contribution in [1.29, 1.82) is 0 Å². The minimum Gasteiger partial charge on any atom is -0.382 e. The van der Waals surface area contributed by atoms with Gasteiger partial charge in [-0.3, -0.25) is 9.78 Å². The molecule has 18 heavy (non-hydrogen) atoms. The number of carbonyl (C=O) groups excluding carboxylic acids is 1. The van der Waals surface area contributed by atoms with E-state index in [4.69, 9.17) is 5.73 Å². The molecule has 0 radical (unpaired) electrons. The predicted molar refractivity (Wildman–Crippen MR) is 60.8 cm³/mol. The van der Waals surface area contributed by atoms with Crippen LogP contribution in [0.15, 0.2) is 30.6 Å². The number of nitrogens with zero attached hydrogens (tertiary/aromatic N) is 2. The standard InChI is InChI=1S/C11H8F2N4O/c12-6-1-2-7(13)8(3-6)17-11(18)9-4-15-5-10(14)16-9/h1-5H,(H2,14,16)(H,17,18). The van der Waals surface area contributed by atoms with Gasteiger partial charge in [0, 0.05) is 6.07 Å². The summed E-state index contributed by atoms with van der Waals surface area (Å²) in [6, 6.07) is 2.73. The molecule has 0 saturated carbocycles. The maximum absolute atomic E-state index is 13.3. The molecule has 92 valence electrons. The van der Waals surface area contributed by atoms with Crippen LogP contribution in [0.25, 0.3) is 0 Å². The molecule has 2 rings (SSSR count). The average molecular weight is 250 g/mol. The van der Waals surface area contributed by atoms with Crippen molar-refractivity contribution in [2.45, 2.75) is 0 Å². The van der Waals surface area contributed by atoms with E-state index in [9.17, 15) is 13.6 Å². The van der Waals surface area contributed by atoms with Gasteiger partial charge in [-0.2, -0.15) is 0 Å². The van der Waals surface area contributed by atoms with Crippen molar-refractivity contribution in [3.8, 4) is 0 Å². The number of halogens is 2. The van der Waals surface area contributed by atoms with Crippen LogP contribution in [0, 0.1) is 11.6 Å². The molecule has 2 aromatic rings. The van der Waals surface area contributed by atoms with Crippen LogP contribution in [0.3, 0.4) is 0 Å². The van der Waals surface area contributed by atoms with Gasteiger partial charge in [0.2, 0.25) is 0 Å². The lowest BCUT2D eigenvalue weighted by molar-refractivity contribution is 0.102. The lowest BCUT2D eigenvalue weighted by atomic mass is 10.3. The molecule has 1 aromatic heterocycles. The number of aromatic nitrogens is 2. The Labute approximate surface area is 101 Å². The summed E-state index contributed by atoms with van der Waals surface area (Å²) in [4.78, 5) is 19.1. The molecule has 1 heterocycles. The number of amides is 1. The van der Waals surface area contributed by atoms with E-state index < -0.39 is 17.5 Å². The highest BCUT2D eigenvalue weighted by molar-refractivity contribution is 6.02. The van der Waals surface area contributed by atoms with Crippen molar-refractivity contribution in [2.75, 3.05) is 11.1 Å². The van der Waals surface area contributed by atoms with Crippen LogP contribution in [-0.4, -0.2) is 15.9 Å². The van der Waals surface area contributed by atoms with Crippen LogP contribution in [0.4, 0.5) is 20.3 Å². The predicted octanol–water partition coefficient (Wildman–Crippen LogP) is 1.59. The van der Waals surface area contributed by atoms with E-state index in [0.29, 0.717) is 0 Å². The zero-order chi connectivity index (χ0) is 13.1. The molecule has 0 bridgehead atoms. The summed E-state index contributed by atoms with van der Waals surface area (Å²) in [7, 11) is 0. The summed E-state index contributed by atoms with van der Waals surface area (Å²) in [6.45, 7) is 0. The first kappa shape index (κ1) is 11.9. The van der Waals surface area contributed by atoms with Crippen LogP contribution in [0.5, 0.6) is 0 Å². The maximum Gasteiger partial charge on any atom is 0.276 e. The number of hydrogen-bond acceptors (Lipinski definition) is 4. The molecular formula is C11H8F2N4O. The van der Waals surface area contributed by atoms with E-state index in [2.05, 4.69) is 15.3 Å². The van der Waals surface area contributed by atoms with Gasteiger partial charge in [-0.15, -0.1) is 0 Å². The van der Waals surface area contributed by atoms with Crippen LogP contribution in [0.2, 0.25) is 0 Å². The largest absolute Gasteiger partial charge is 0.382 e. The van der Waals surface area contributed by atoms with Crippen LogP contribution < -0.4 is 11.1 Å². The van der Waals surface area contributed by atoms with Gasteiger partial charge < -0.3 is 11.1 Å². The third kappa shape index (κ3) is 2.57. The van der Waals surface area contributed by atoms with Gasteiger partial charge in [0.15, 0.2) is 0 Å². The molecule has 0 saturated heterocycles. The first-order valence-corrected chi connectivity index (χ1v) is 4.90. The zero-order valence-corrected chi connectivity index (χ0v) is 9.02. The SMILES string of the molecule is Nc1cncc(C(=O)Nc2cc(F)ccc2F)n1. The van der Waals surface area contributed by atoms with E-state index in [1.165, 1.54) is 12.4 Å². The van der Waals surface area contributed by atoms with Crippen LogP contribution >= 0.6 is 0 Å². The number of carbonyl (C=O) groups is 1. The third-order valence-corrected chi connectivity index (χ3v) is 2.06. The first-order valence-electron chi connectivity index (χ1n) is 4.90. The van der Waals surface area contributed by atoms with E-state index in [1.54, 1.807) is 0 Å². The monoisotopic (exact) mass is 250 g/mol. The number of nitrogens with two attached hydrogens (primary N) is 1. The highest BCUT2D eigenvalue weighted by Gasteiger charge is 2.12. The number of nitrogens with one attached hydrogen (secondary N) is 1. The van der Waals surface area contributed by atoms with Crippen molar-refractivity contribution in [3.05, 3.63) is 47.9 Å². The molecular weight excluding hydrogens is 242 g/mol. The number of nitrogen functional groups attached to an aromatic ring is 1. The van der Waals surface area contributed by atoms with Gasteiger partial charge in [0.25, 0.3) is 5.91 Å². The molecule has 0 aliphatic heterocycles. The van der Waals surface area contributed by atoms with E-state index in [1.807, 2.05) is 0 Å². The summed E-state index contributed by atoms with van der Waals surface area (Å²) in [5.41, 5.74) is 5.00. The van der Waals surface area contributed by atoms with Crippen LogP contribution in [-0.2, 0) is 0 Å². The molecule has 3 N–H and O–H groups in total. The van der Waals surface area contributed by atoms with Crippen molar-refractivity contribution in [1.82, 2.24) is 9.97 Å². The summed E-state index contributed by atoms with van der Waals surface area (Å²) in [5.74, 6) is -2.08. The molecule has 1 aromatic carbocycles. The average Bonchev–Trinajstić information content (AvgIpc) is 2.34. The number of benzene rings is 1. The van der Waals surface area contributed by atoms with Gasteiger partial charge in [0.1, 0.15) is 23.1 Å². The molecule has 0 atom stereocenters. The molecule has 0 aliphatic carbocycles. The molecule has 7 heteroatoms. The zero-order valence-electron chi connectivity index (χ0n) is 9.02. The highest BCUT2D eigenvalue weighted by Crippen LogP contribution is 2.16. The number of anilines is 2. The Morgan fingerprint density at radius 2 is 2.06 bits per heavy atom. The topological polar surface area (TPSA) is 80.9 Å². The minimum absolute atomic E-state index is 0.0577. The van der Waals surface area contributed by atoms with Gasteiger partial charge in [0.05, 0.1) is 18.1 Å². The fourth-order valence-electron chi connectivity index (χ4n) is 1.27. The minimum atomic E-state index is -0.749.